The number of methoxy groups -OCH3 is 2. The molecule has 5 rings (SSSR count). The van der Waals surface area contributed by atoms with Gasteiger partial charge in [0.15, 0.2) is 12.6 Å². The first-order chi connectivity index (χ1) is 16.7. The summed E-state index contributed by atoms with van der Waals surface area (Å²) in [7, 11) is 3.30. The second kappa shape index (κ2) is 8.90. The number of rotatable bonds is 8. The van der Waals surface area contributed by atoms with Gasteiger partial charge in [0.2, 0.25) is 0 Å². The van der Waals surface area contributed by atoms with Gasteiger partial charge in [-0.05, 0) is 24.3 Å². The van der Waals surface area contributed by atoms with E-state index in [1.807, 2.05) is 82.2 Å². The molecule has 0 fully saturated rings. The predicted molar refractivity (Wildman–Crippen MR) is 132 cm³/mol. The molecule has 0 aliphatic heterocycles. The van der Waals surface area contributed by atoms with Crippen molar-refractivity contribution in [2.24, 2.45) is 0 Å². The lowest BCUT2D eigenvalue weighted by molar-refractivity contribution is 0.111. The zero-order valence-corrected chi connectivity index (χ0v) is 19.0. The second-order valence-electron chi connectivity index (χ2n) is 8.17. The number of aldehydes is 2. The largest absolute Gasteiger partial charge is 0.496 e. The van der Waals surface area contributed by atoms with E-state index in [9.17, 15) is 9.59 Å². The maximum absolute atomic E-state index is 11.6. The van der Waals surface area contributed by atoms with Crippen LogP contribution in [0.15, 0.2) is 73.1 Å². The molecule has 0 bridgehead atoms. The number of hydrogen-bond acceptors (Lipinski definition) is 4. The molecule has 5 aromatic rings. The molecule has 0 N–H and O–H groups in total. The number of hydrogen-bond donors (Lipinski definition) is 0. The molecule has 0 aliphatic rings. The monoisotopic (exact) mass is 452 g/mol. The van der Waals surface area contributed by atoms with E-state index in [-0.39, 0.29) is 0 Å². The molecular weight excluding hydrogens is 428 g/mol. The van der Waals surface area contributed by atoms with Crippen molar-refractivity contribution in [3.05, 3.63) is 95.3 Å². The van der Waals surface area contributed by atoms with Crippen LogP contribution in [0.25, 0.3) is 21.8 Å². The van der Waals surface area contributed by atoms with E-state index < -0.39 is 0 Å². The van der Waals surface area contributed by atoms with Crippen LogP contribution in [0, 0.1) is 0 Å². The van der Waals surface area contributed by atoms with Crippen LogP contribution in [0.1, 0.15) is 31.8 Å². The first kappa shape index (κ1) is 21.5. The van der Waals surface area contributed by atoms with Crippen LogP contribution in [0.4, 0.5) is 0 Å². The zero-order valence-electron chi connectivity index (χ0n) is 19.0. The molecule has 0 spiro atoms. The summed E-state index contributed by atoms with van der Waals surface area (Å²) in [5.74, 6) is 1.46. The van der Waals surface area contributed by atoms with E-state index in [1.165, 1.54) is 0 Å². The van der Waals surface area contributed by atoms with Crippen LogP contribution in [0.3, 0.4) is 0 Å². The van der Waals surface area contributed by atoms with E-state index >= 15 is 0 Å². The molecule has 2 aromatic heterocycles. The summed E-state index contributed by atoms with van der Waals surface area (Å²) in [5, 5.41) is 1.84. The minimum Gasteiger partial charge on any atom is -0.496 e. The highest BCUT2D eigenvalue weighted by Gasteiger charge is 2.16. The molecule has 3 aromatic carbocycles. The third-order valence-electron chi connectivity index (χ3n) is 6.26. The minimum absolute atomic E-state index is 0.524. The topological polar surface area (TPSA) is 62.5 Å². The standard InChI is InChI=1S/C28H24N2O4/c1-33-27-11-20(14-30-16-22(18-32)24-8-4-6-10-26(24)30)28(34-2)12-19(27)13-29-15-21(17-31)23-7-3-5-9-25(23)29/h3-12,15-18H,13-14H2,1-2H3. The molecule has 0 saturated heterocycles. The zero-order chi connectivity index (χ0) is 23.7. The Kier molecular flexibility index (Phi) is 5.64. The van der Waals surface area contributed by atoms with Crippen molar-refractivity contribution in [2.45, 2.75) is 13.1 Å². The third kappa shape index (κ3) is 3.63. The molecule has 0 radical (unpaired) electrons. The van der Waals surface area contributed by atoms with Gasteiger partial charge in [0, 0.05) is 56.5 Å². The average molecular weight is 453 g/mol. The highest BCUT2D eigenvalue weighted by Crippen LogP contribution is 2.33. The Morgan fingerprint density at radius 2 is 1.09 bits per heavy atom. The summed E-state index contributed by atoms with van der Waals surface area (Å²) in [5.41, 5.74) is 5.15. The van der Waals surface area contributed by atoms with Gasteiger partial charge in [-0.3, -0.25) is 9.59 Å². The van der Waals surface area contributed by atoms with Crippen LogP contribution in [0.5, 0.6) is 11.5 Å². The van der Waals surface area contributed by atoms with Crippen LogP contribution in [-0.4, -0.2) is 35.9 Å². The molecule has 2 heterocycles. The number of carbonyl (C=O) groups is 2. The maximum Gasteiger partial charge on any atom is 0.152 e. The van der Waals surface area contributed by atoms with Gasteiger partial charge >= 0.3 is 0 Å². The normalized spacial score (nSPS) is 11.1. The molecule has 0 amide bonds. The molecule has 170 valence electrons. The molecule has 34 heavy (non-hydrogen) atoms. The summed E-state index contributed by atoms with van der Waals surface area (Å²) in [6, 6.07) is 19.7. The Labute approximate surface area is 196 Å². The van der Waals surface area contributed by atoms with Gasteiger partial charge < -0.3 is 18.6 Å². The Bertz CT molecular complexity index is 1410. The lowest BCUT2D eigenvalue weighted by atomic mass is 10.1. The van der Waals surface area contributed by atoms with Gasteiger partial charge in [-0.15, -0.1) is 0 Å². The van der Waals surface area contributed by atoms with E-state index in [4.69, 9.17) is 9.47 Å². The van der Waals surface area contributed by atoms with Crippen LogP contribution >= 0.6 is 0 Å². The van der Waals surface area contributed by atoms with Crippen molar-refractivity contribution < 1.29 is 19.1 Å². The number of carbonyl (C=O) groups excluding carboxylic acids is 2. The fourth-order valence-corrected chi connectivity index (χ4v) is 4.64. The first-order valence-electron chi connectivity index (χ1n) is 11.0. The summed E-state index contributed by atoms with van der Waals surface area (Å²) in [6.45, 7) is 1.05. The van der Waals surface area contributed by atoms with Crippen molar-refractivity contribution in [1.82, 2.24) is 9.13 Å². The lowest BCUT2D eigenvalue weighted by Gasteiger charge is -2.17. The van der Waals surface area contributed by atoms with Gasteiger partial charge in [0.25, 0.3) is 0 Å². The fourth-order valence-electron chi connectivity index (χ4n) is 4.64. The Balaban J connectivity index is 1.56. The number of nitrogens with zero attached hydrogens (tertiary/aromatic N) is 2. The smallest absolute Gasteiger partial charge is 0.152 e. The summed E-state index contributed by atoms with van der Waals surface area (Å²) in [4.78, 5) is 23.1. The van der Waals surface area contributed by atoms with Crippen molar-refractivity contribution >= 4 is 34.4 Å². The van der Waals surface area contributed by atoms with E-state index in [0.717, 1.165) is 57.0 Å². The van der Waals surface area contributed by atoms with Gasteiger partial charge in [0.1, 0.15) is 11.5 Å². The van der Waals surface area contributed by atoms with Gasteiger partial charge in [-0.1, -0.05) is 36.4 Å². The molecule has 6 nitrogen and oxygen atoms in total. The van der Waals surface area contributed by atoms with Crippen molar-refractivity contribution in [3.8, 4) is 11.5 Å². The molecule has 0 atom stereocenters. The highest BCUT2D eigenvalue weighted by molar-refractivity contribution is 5.98. The quantitative estimate of drug-likeness (QED) is 0.298. The molecule has 0 aliphatic carbocycles. The SMILES string of the molecule is COc1cc(Cn2cc(C=O)c3ccccc32)c(OC)cc1Cn1cc(C=O)c2ccccc21. The van der Waals surface area contributed by atoms with Gasteiger partial charge in [-0.2, -0.15) is 0 Å². The molecule has 0 unspecified atom stereocenters. The predicted octanol–water partition coefficient (Wildman–Crippen LogP) is 5.33. The average Bonchev–Trinajstić information content (AvgIpc) is 3.42. The Hall–Kier alpha value is -4.32. The Morgan fingerprint density at radius 1 is 0.676 bits per heavy atom. The van der Waals surface area contributed by atoms with Crippen molar-refractivity contribution in [3.63, 3.8) is 0 Å². The maximum atomic E-state index is 11.6. The van der Waals surface area contributed by atoms with E-state index in [0.29, 0.717) is 24.2 Å². The van der Waals surface area contributed by atoms with Gasteiger partial charge in [0.05, 0.1) is 27.3 Å². The van der Waals surface area contributed by atoms with Crippen molar-refractivity contribution in [1.29, 1.82) is 0 Å². The molecular formula is C28H24N2O4. The van der Waals surface area contributed by atoms with Crippen LogP contribution in [0.2, 0.25) is 0 Å². The molecule has 6 heteroatoms. The Morgan fingerprint density at radius 3 is 1.47 bits per heavy atom. The summed E-state index contributed by atoms with van der Waals surface area (Å²) >= 11 is 0. The molecule has 0 saturated carbocycles. The van der Waals surface area contributed by atoms with Crippen molar-refractivity contribution in [2.75, 3.05) is 14.2 Å². The fraction of sp³-hybridized carbons (Fsp3) is 0.143. The van der Waals surface area contributed by atoms with Gasteiger partial charge in [-0.25, -0.2) is 0 Å². The summed E-state index contributed by atoms with van der Waals surface area (Å²) in [6.07, 6.45) is 5.50. The van der Waals surface area contributed by atoms with E-state index in [1.54, 1.807) is 14.2 Å². The number of benzene rings is 3. The summed E-state index contributed by atoms with van der Waals surface area (Å²) < 4.78 is 15.6. The number of ether oxygens (including phenoxy) is 2. The van der Waals surface area contributed by atoms with E-state index in [2.05, 4.69) is 0 Å². The number of fused-ring (bicyclic) bond motifs is 2. The van der Waals surface area contributed by atoms with Crippen LogP contribution < -0.4 is 9.47 Å². The minimum atomic E-state index is 0.524. The van der Waals surface area contributed by atoms with Crippen LogP contribution in [-0.2, 0) is 13.1 Å². The highest BCUT2D eigenvalue weighted by atomic mass is 16.5. The number of aromatic nitrogens is 2. The second-order valence-corrected chi connectivity index (χ2v) is 8.17. The first-order valence-corrected chi connectivity index (χ1v) is 11.0. The lowest BCUT2D eigenvalue weighted by Crippen LogP contribution is -2.06. The number of para-hydroxylation sites is 2. The third-order valence-corrected chi connectivity index (χ3v) is 6.26.